The first-order chi connectivity index (χ1) is 8.65. The van der Waals surface area contributed by atoms with Gasteiger partial charge in [0.05, 0.1) is 5.69 Å². The van der Waals surface area contributed by atoms with Crippen LogP contribution in [0.4, 0.5) is 0 Å². The van der Waals surface area contributed by atoms with Gasteiger partial charge in [-0.15, -0.1) is 0 Å². The van der Waals surface area contributed by atoms with Crippen LogP contribution in [0.1, 0.15) is 29.1 Å². The lowest BCUT2D eigenvalue weighted by atomic mass is 10.0. The van der Waals surface area contributed by atoms with Crippen LogP contribution in [0.15, 0.2) is 18.2 Å². The molecule has 18 heavy (non-hydrogen) atoms. The molecule has 1 aliphatic carbocycles. The van der Waals surface area contributed by atoms with E-state index in [2.05, 4.69) is 9.97 Å². The third kappa shape index (κ3) is 1.76. The molecule has 3 nitrogen and oxygen atoms in total. The Morgan fingerprint density at radius 3 is 2.72 bits per heavy atom. The van der Waals surface area contributed by atoms with Gasteiger partial charge in [-0.05, 0) is 56.9 Å². The van der Waals surface area contributed by atoms with E-state index in [1.165, 1.54) is 11.3 Å². The number of rotatable bonds is 1. The van der Waals surface area contributed by atoms with Crippen LogP contribution in [0.5, 0.6) is 5.75 Å². The number of hydrogen-bond donors (Lipinski definition) is 1. The molecule has 0 unspecified atom stereocenters. The predicted molar refractivity (Wildman–Crippen MR) is 70.6 cm³/mol. The molecule has 0 radical (unpaired) electrons. The monoisotopic (exact) mass is 240 g/mol. The van der Waals surface area contributed by atoms with E-state index in [0.29, 0.717) is 5.75 Å². The lowest BCUT2D eigenvalue weighted by Gasteiger charge is -2.10. The minimum absolute atomic E-state index is 0.334. The molecule has 0 amide bonds. The van der Waals surface area contributed by atoms with Crippen LogP contribution in [0.25, 0.3) is 11.3 Å². The zero-order chi connectivity index (χ0) is 12.7. The first-order valence-electron chi connectivity index (χ1n) is 6.31. The molecular weight excluding hydrogens is 224 g/mol. The Bertz CT molecular complexity index is 620. The largest absolute Gasteiger partial charge is 0.508 e. The van der Waals surface area contributed by atoms with E-state index in [-0.39, 0.29) is 0 Å². The molecule has 1 aromatic heterocycles. The quantitative estimate of drug-likeness (QED) is 0.833. The molecule has 1 aliphatic rings. The molecule has 1 aromatic carbocycles. The molecule has 1 N–H and O–H groups in total. The Labute approximate surface area is 107 Å². The molecule has 0 saturated carbocycles. The van der Waals surface area contributed by atoms with Crippen molar-refractivity contribution >= 4 is 0 Å². The van der Waals surface area contributed by atoms with E-state index in [4.69, 9.17) is 0 Å². The van der Waals surface area contributed by atoms with Crippen LogP contribution in [0, 0.1) is 13.8 Å². The lowest BCUT2D eigenvalue weighted by molar-refractivity contribution is 0.471. The summed E-state index contributed by atoms with van der Waals surface area (Å²) in [5.74, 6) is 1.16. The summed E-state index contributed by atoms with van der Waals surface area (Å²) in [5, 5.41) is 9.61. The van der Waals surface area contributed by atoms with Gasteiger partial charge in [0, 0.05) is 16.8 Å². The maximum absolute atomic E-state index is 9.61. The number of aryl methyl sites for hydroxylation is 3. The number of aromatic nitrogens is 2. The van der Waals surface area contributed by atoms with E-state index in [9.17, 15) is 5.11 Å². The summed E-state index contributed by atoms with van der Waals surface area (Å²) < 4.78 is 0. The Kier molecular flexibility index (Phi) is 2.54. The van der Waals surface area contributed by atoms with Crippen molar-refractivity contribution in [3.8, 4) is 17.0 Å². The van der Waals surface area contributed by atoms with Gasteiger partial charge in [0.15, 0.2) is 0 Å². The minimum atomic E-state index is 0.334. The van der Waals surface area contributed by atoms with Crippen LogP contribution in [-0.4, -0.2) is 15.1 Å². The van der Waals surface area contributed by atoms with Crippen molar-refractivity contribution in [2.45, 2.75) is 33.1 Å². The van der Waals surface area contributed by atoms with E-state index >= 15 is 0 Å². The van der Waals surface area contributed by atoms with Crippen molar-refractivity contribution in [1.29, 1.82) is 0 Å². The molecule has 0 fully saturated rings. The Hall–Kier alpha value is -1.90. The van der Waals surface area contributed by atoms with Crippen LogP contribution >= 0.6 is 0 Å². The summed E-state index contributed by atoms with van der Waals surface area (Å²) in [6.07, 6.45) is 3.28. The van der Waals surface area contributed by atoms with Crippen molar-refractivity contribution in [3.05, 3.63) is 40.8 Å². The summed E-state index contributed by atoms with van der Waals surface area (Å²) in [6.45, 7) is 3.85. The fourth-order valence-electron chi connectivity index (χ4n) is 2.60. The SMILES string of the molecule is Cc1nc2c(c(-c3ccc(O)c(C)c3)n1)CCC2. The van der Waals surface area contributed by atoms with Gasteiger partial charge in [0.2, 0.25) is 0 Å². The first-order valence-corrected chi connectivity index (χ1v) is 6.31. The molecule has 0 spiro atoms. The summed E-state index contributed by atoms with van der Waals surface area (Å²) in [4.78, 5) is 9.11. The van der Waals surface area contributed by atoms with Crippen molar-refractivity contribution in [2.24, 2.45) is 0 Å². The second-order valence-electron chi connectivity index (χ2n) is 4.90. The Morgan fingerprint density at radius 2 is 1.94 bits per heavy atom. The molecule has 3 heteroatoms. The number of aromatic hydroxyl groups is 1. The van der Waals surface area contributed by atoms with E-state index in [1.807, 2.05) is 26.0 Å². The van der Waals surface area contributed by atoms with Crippen LogP contribution in [0.2, 0.25) is 0 Å². The normalized spacial score (nSPS) is 13.7. The van der Waals surface area contributed by atoms with Gasteiger partial charge in [0.1, 0.15) is 11.6 Å². The van der Waals surface area contributed by atoms with Crippen molar-refractivity contribution < 1.29 is 5.11 Å². The van der Waals surface area contributed by atoms with E-state index in [1.54, 1.807) is 6.07 Å². The summed E-state index contributed by atoms with van der Waals surface area (Å²) in [7, 11) is 0. The number of hydrogen-bond acceptors (Lipinski definition) is 3. The fourth-order valence-corrected chi connectivity index (χ4v) is 2.60. The number of fused-ring (bicyclic) bond motifs is 1. The van der Waals surface area contributed by atoms with Gasteiger partial charge in [-0.25, -0.2) is 9.97 Å². The highest BCUT2D eigenvalue weighted by Gasteiger charge is 2.19. The molecule has 0 saturated heterocycles. The predicted octanol–water partition coefficient (Wildman–Crippen LogP) is 2.95. The lowest BCUT2D eigenvalue weighted by Crippen LogP contribution is -2.00. The standard InChI is InChI=1S/C15H16N2O/c1-9-8-11(6-7-14(9)18)15-12-4-3-5-13(12)16-10(2)17-15/h6-8,18H,3-5H2,1-2H3. The first kappa shape index (κ1) is 11.2. The van der Waals surface area contributed by atoms with Gasteiger partial charge >= 0.3 is 0 Å². The van der Waals surface area contributed by atoms with E-state index in [0.717, 1.165) is 41.9 Å². The average Bonchev–Trinajstić information content (AvgIpc) is 2.79. The molecule has 2 aromatic rings. The second kappa shape index (κ2) is 4.09. The highest BCUT2D eigenvalue weighted by molar-refractivity contribution is 5.66. The van der Waals surface area contributed by atoms with Crippen LogP contribution in [0.3, 0.4) is 0 Å². The third-order valence-electron chi connectivity index (χ3n) is 3.52. The van der Waals surface area contributed by atoms with E-state index < -0.39 is 0 Å². The van der Waals surface area contributed by atoms with Gasteiger partial charge in [-0.3, -0.25) is 0 Å². The highest BCUT2D eigenvalue weighted by atomic mass is 16.3. The highest BCUT2D eigenvalue weighted by Crippen LogP contribution is 2.31. The minimum Gasteiger partial charge on any atom is -0.508 e. The average molecular weight is 240 g/mol. The third-order valence-corrected chi connectivity index (χ3v) is 3.52. The van der Waals surface area contributed by atoms with Gasteiger partial charge < -0.3 is 5.11 Å². The fraction of sp³-hybridized carbons (Fsp3) is 0.333. The van der Waals surface area contributed by atoms with Crippen LogP contribution < -0.4 is 0 Å². The Morgan fingerprint density at radius 1 is 1.11 bits per heavy atom. The number of phenolic OH excluding ortho intramolecular Hbond substituents is 1. The zero-order valence-corrected chi connectivity index (χ0v) is 10.7. The summed E-state index contributed by atoms with van der Waals surface area (Å²) in [6, 6.07) is 5.67. The molecular formula is C15H16N2O. The van der Waals surface area contributed by atoms with Crippen molar-refractivity contribution in [1.82, 2.24) is 9.97 Å². The summed E-state index contributed by atoms with van der Waals surface area (Å²) >= 11 is 0. The zero-order valence-electron chi connectivity index (χ0n) is 10.7. The number of benzene rings is 1. The van der Waals surface area contributed by atoms with Gasteiger partial charge in [-0.2, -0.15) is 0 Å². The molecule has 0 bridgehead atoms. The second-order valence-corrected chi connectivity index (χ2v) is 4.90. The summed E-state index contributed by atoms with van der Waals surface area (Å²) in [5.41, 5.74) is 5.48. The molecule has 92 valence electrons. The number of nitrogens with zero attached hydrogens (tertiary/aromatic N) is 2. The molecule has 1 heterocycles. The number of phenols is 1. The van der Waals surface area contributed by atoms with Crippen molar-refractivity contribution in [3.63, 3.8) is 0 Å². The molecule has 0 atom stereocenters. The molecule has 0 aliphatic heterocycles. The van der Waals surface area contributed by atoms with Gasteiger partial charge in [0.25, 0.3) is 0 Å². The van der Waals surface area contributed by atoms with Crippen LogP contribution in [-0.2, 0) is 12.8 Å². The maximum atomic E-state index is 9.61. The topological polar surface area (TPSA) is 46.0 Å². The van der Waals surface area contributed by atoms with Crippen molar-refractivity contribution in [2.75, 3.05) is 0 Å². The smallest absolute Gasteiger partial charge is 0.126 e. The van der Waals surface area contributed by atoms with Gasteiger partial charge in [-0.1, -0.05) is 0 Å². The Balaban J connectivity index is 2.19. The maximum Gasteiger partial charge on any atom is 0.126 e. The molecule has 3 rings (SSSR count).